The summed E-state index contributed by atoms with van der Waals surface area (Å²) in [6.07, 6.45) is 2.76. The lowest BCUT2D eigenvalue weighted by Gasteiger charge is -2.25. The molecule has 2 N–H and O–H groups in total. The highest BCUT2D eigenvalue weighted by molar-refractivity contribution is 7.99. The van der Waals surface area contributed by atoms with Crippen molar-refractivity contribution in [3.05, 3.63) is 47.5 Å². The van der Waals surface area contributed by atoms with Crippen LogP contribution < -0.4 is 5.32 Å². The van der Waals surface area contributed by atoms with Gasteiger partial charge in [0.2, 0.25) is 0 Å². The molecule has 1 aliphatic heterocycles. The van der Waals surface area contributed by atoms with E-state index in [1.807, 2.05) is 12.1 Å². The van der Waals surface area contributed by atoms with Gasteiger partial charge in [-0.15, -0.1) is 11.8 Å². The van der Waals surface area contributed by atoms with Crippen molar-refractivity contribution in [2.75, 3.05) is 5.75 Å². The number of rotatable bonds is 3. The van der Waals surface area contributed by atoms with E-state index in [1.54, 1.807) is 24.0 Å². The number of aromatic amines is 1. The molecule has 3 nitrogen and oxygen atoms in total. The molecule has 0 saturated heterocycles. The Morgan fingerprint density at radius 3 is 3.22 bits per heavy atom. The molecule has 3 rings (SSSR count). The molecule has 2 aromatic rings. The Hall–Kier alpha value is -1.33. The SMILES string of the molecule is Fc1ccc2c(c1)C(NCc1ccn[nH]1)CCS2. The molecule has 0 radical (unpaired) electrons. The maximum atomic E-state index is 13.3. The van der Waals surface area contributed by atoms with E-state index < -0.39 is 0 Å². The molecule has 1 aromatic carbocycles. The number of H-pyrrole nitrogens is 1. The first kappa shape index (κ1) is 11.7. The van der Waals surface area contributed by atoms with E-state index >= 15 is 0 Å². The maximum absolute atomic E-state index is 13.3. The predicted molar refractivity (Wildman–Crippen MR) is 69.9 cm³/mol. The van der Waals surface area contributed by atoms with Crippen LogP contribution in [-0.4, -0.2) is 16.0 Å². The molecule has 0 fully saturated rings. The first-order valence-corrected chi connectivity index (χ1v) is 6.95. The van der Waals surface area contributed by atoms with Crippen molar-refractivity contribution in [3.8, 4) is 0 Å². The van der Waals surface area contributed by atoms with Gasteiger partial charge in [0.15, 0.2) is 0 Å². The van der Waals surface area contributed by atoms with Crippen LogP contribution in [0, 0.1) is 5.82 Å². The summed E-state index contributed by atoms with van der Waals surface area (Å²) in [4.78, 5) is 1.18. The summed E-state index contributed by atoms with van der Waals surface area (Å²) in [6, 6.07) is 7.21. The van der Waals surface area contributed by atoms with Gasteiger partial charge < -0.3 is 5.32 Å². The summed E-state index contributed by atoms with van der Waals surface area (Å²) in [5.74, 6) is 0.906. The second-order valence-corrected chi connectivity index (χ2v) is 5.47. The molecule has 2 heterocycles. The molecule has 0 spiro atoms. The predicted octanol–water partition coefficient (Wildman–Crippen LogP) is 2.88. The standard InChI is InChI=1S/C13H14FN3S/c14-9-1-2-13-11(7-9)12(4-6-18-13)15-8-10-3-5-16-17-10/h1-3,5,7,12,15H,4,6,8H2,(H,16,17). The summed E-state index contributed by atoms with van der Waals surface area (Å²) >= 11 is 1.80. The van der Waals surface area contributed by atoms with Gasteiger partial charge in [-0.25, -0.2) is 4.39 Å². The molecular weight excluding hydrogens is 249 g/mol. The lowest BCUT2D eigenvalue weighted by Crippen LogP contribution is -2.24. The smallest absolute Gasteiger partial charge is 0.123 e. The Bertz CT molecular complexity index is 527. The molecule has 1 unspecified atom stereocenters. The van der Waals surface area contributed by atoms with Gasteiger partial charge in [-0.05, 0) is 42.0 Å². The summed E-state index contributed by atoms with van der Waals surface area (Å²) in [7, 11) is 0. The number of aromatic nitrogens is 2. The van der Waals surface area contributed by atoms with Crippen molar-refractivity contribution in [2.24, 2.45) is 0 Å². The van der Waals surface area contributed by atoms with Crippen LogP contribution in [0.2, 0.25) is 0 Å². The second kappa shape index (κ2) is 5.12. The van der Waals surface area contributed by atoms with E-state index in [9.17, 15) is 4.39 Å². The third-order valence-electron chi connectivity index (χ3n) is 3.11. The fourth-order valence-corrected chi connectivity index (χ4v) is 3.30. The van der Waals surface area contributed by atoms with Crippen LogP contribution in [0.25, 0.3) is 0 Å². The van der Waals surface area contributed by atoms with Crippen molar-refractivity contribution in [3.63, 3.8) is 0 Å². The summed E-state index contributed by atoms with van der Waals surface area (Å²) in [5.41, 5.74) is 2.12. The Kier molecular flexibility index (Phi) is 3.34. The largest absolute Gasteiger partial charge is 0.304 e. The normalized spacial score (nSPS) is 18.6. The van der Waals surface area contributed by atoms with Gasteiger partial charge >= 0.3 is 0 Å². The minimum Gasteiger partial charge on any atom is -0.304 e. The van der Waals surface area contributed by atoms with E-state index in [2.05, 4.69) is 15.5 Å². The zero-order valence-corrected chi connectivity index (χ0v) is 10.6. The van der Waals surface area contributed by atoms with Gasteiger partial charge in [-0.1, -0.05) is 0 Å². The van der Waals surface area contributed by atoms with Crippen LogP contribution in [0.4, 0.5) is 4.39 Å². The van der Waals surface area contributed by atoms with Crippen molar-refractivity contribution >= 4 is 11.8 Å². The quantitative estimate of drug-likeness (QED) is 0.894. The number of halogens is 1. The van der Waals surface area contributed by atoms with E-state index in [1.165, 1.54) is 11.0 Å². The average Bonchev–Trinajstić information content (AvgIpc) is 2.89. The Morgan fingerprint density at radius 1 is 1.44 bits per heavy atom. The molecule has 1 aliphatic rings. The third kappa shape index (κ3) is 2.42. The number of fused-ring (bicyclic) bond motifs is 1. The number of benzene rings is 1. The first-order valence-electron chi connectivity index (χ1n) is 5.97. The van der Waals surface area contributed by atoms with Crippen LogP contribution in [0.15, 0.2) is 35.4 Å². The average molecular weight is 263 g/mol. The number of thioether (sulfide) groups is 1. The molecule has 5 heteroatoms. The van der Waals surface area contributed by atoms with Crippen LogP contribution in [0.3, 0.4) is 0 Å². The van der Waals surface area contributed by atoms with E-state index in [-0.39, 0.29) is 11.9 Å². The van der Waals surface area contributed by atoms with Gasteiger partial charge in [0, 0.05) is 29.4 Å². The Labute approximate surface area is 109 Å². The van der Waals surface area contributed by atoms with E-state index in [4.69, 9.17) is 0 Å². The Balaban J connectivity index is 1.76. The summed E-state index contributed by atoms with van der Waals surface area (Å²) < 4.78 is 13.3. The fraction of sp³-hybridized carbons (Fsp3) is 0.308. The van der Waals surface area contributed by atoms with Gasteiger partial charge in [0.05, 0.1) is 0 Å². The van der Waals surface area contributed by atoms with Crippen molar-refractivity contribution < 1.29 is 4.39 Å². The van der Waals surface area contributed by atoms with Gasteiger partial charge in [0.1, 0.15) is 5.82 Å². The van der Waals surface area contributed by atoms with Crippen molar-refractivity contribution in [1.29, 1.82) is 0 Å². The van der Waals surface area contributed by atoms with Crippen molar-refractivity contribution in [1.82, 2.24) is 15.5 Å². The summed E-state index contributed by atoms with van der Waals surface area (Å²) in [5, 5.41) is 10.3. The van der Waals surface area contributed by atoms with Gasteiger partial charge in [0.25, 0.3) is 0 Å². The third-order valence-corrected chi connectivity index (χ3v) is 4.23. The molecule has 18 heavy (non-hydrogen) atoms. The molecule has 0 bridgehead atoms. The number of nitrogens with one attached hydrogen (secondary N) is 2. The zero-order chi connectivity index (χ0) is 12.4. The monoisotopic (exact) mass is 263 g/mol. The highest BCUT2D eigenvalue weighted by Gasteiger charge is 2.20. The molecule has 0 amide bonds. The van der Waals surface area contributed by atoms with Gasteiger partial charge in [-0.3, -0.25) is 5.10 Å². The topological polar surface area (TPSA) is 40.7 Å². The minimum absolute atomic E-state index is 0.162. The first-order chi connectivity index (χ1) is 8.83. The molecule has 94 valence electrons. The minimum atomic E-state index is -0.162. The molecular formula is C13H14FN3S. The lowest BCUT2D eigenvalue weighted by molar-refractivity contribution is 0.500. The highest BCUT2D eigenvalue weighted by atomic mass is 32.2. The van der Waals surface area contributed by atoms with Crippen molar-refractivity contribution in [2.45, 2.75) is 23.9 Å². The molecule has 0 saturated carbocycles. The van der Waals surface area contributed by atoms with E-state index in [0.29, 0.717) is 0 Å². The van der Waals surface area contributed by atoms with Crippen LogP contribution in [0.5, 0.6) is 0 Å². The molecule has 0 aliphatic carbocycles. The number of nitrogens with zero attached hydrogens (tertiary/aromatic N) is 1. The fourth-order valence-electron chi connectivity index (χ4n) is 2.19. The van der Waals surface area contributed by atoms with Crippen LogP contribution >= 0.6 is 11.8 Å². The second-order valence-electron chi connectivity index (χ2n) is 4.33. The van der Waals surface area contributed by atoms with Crippen LogP contribution in [0.1, 0.15) is 23.7 Å². The Morgan fingerprint density at radius 2 is 2.39 bits per heavy atom. The number of hydrogen-bond acceptors (Lipinski definition) is 3. The highest BCUT2D eigenvalue weighted by Crippen LogP contribution is 2.36. The summed E-state index contributed by atoms with van der Waals surface area (Å²) in [6.45, 7) is 0.727. The molecule has 1 aromatic heterocycles. The number of hydrogen-bond donors (Lipinski definition) is 2. The van der Waals surface area contributed by atoms with Crippen LogP contribution in [-0.2, 0) is 6.54 Å². The lowest BCUT2D eigenvalue weighted by atomic mass is 10.0. The van der Waals surface area contributed by atoms with E-state index in [0.717, 1.165) is 30.0 Å². The maximum Gasteiger partial charge on any atom is 0.123 e. The van der Waals surface area contributed by atoms with Gasteiger partial charge in [-0.2, -0.15) is 5.10 Å². The zero-order valence-electron chi connectivity index (χ0n) is 9.82. The molecule has 1 atom stereocenters.